The second-order valence-corrected chi connectivity index (χ2v) is 10.4. The minimum Gasteiger partial charge on any atom is -0.368 e. The third-order valence-electron chi connectivity index (χ3n) is 7.89. The minimum atomic E-state index is 0.103. The molecule has 1 heteroatoms. The maximum atomic E-state index is 7.49. The Morgan fingerprint density at radius 3 is 1.36 bits per heavy atom. The lowest BCUT2D eigenvalue weighted by molar-refractivity contribution is -0.249. The van der Waals surface area contributed by atoms with E-state index in [1.165, 1.54) is 51.4 Å². The molecule has 2 fully saturated rings. The number of rotatable bonds is 6. The van der Waals surface area contributed by atoms with E-state index in [0.29, 0.717) is 0 Å². The molecule has 1 nitrogen and oxygen atoms in total. The van der Waals surface area contributed by atoms with Crippen molar-refractivity contribution in [2.75, 3.05) is 0 Å². The van der Waals surface area contributed by atoms with Crippen LogP contribution in [0.15, 0.2) is 0 Å². The molecule has 0 aromatic carbocycles. The Kier molecular flexibility index (Phi) is 7.08. The lowest BCUT2D eigenvalue weighted by atomic mass is 9.62. The van der Waals surface area contributed by atoms with Crippen LogP contribution >= 0.6 is 0 Å². The summed E-state index contributed by atoms with van der Waals surface area (Å²) in [5.74, 6) is 4.51. The fraction of sp³-hybridized carbons (Fsp3) is 1.00. The summed E-state index contributed by atoms with van der Waals surface area (Å²) in [7, 11) is 0. The summed E-state index contributed by atoms with van der Waals surface area (Å²) in [5.41, 5.74) is 0.206. The van der Waals surface area contributed by atoms with Crippen LogP contribution in [0.25, 0.3) is 0 Å². The Morgan fingerprint density at radius 2 is 1.08 bits per heavy atom. The Labute approximate surface area is 158 Å². The molecular weight excluding hydrogens is 304 g/mol. The number of hydrogen-bond acceptors (Lipinski definition) is 1. The van der Waals surface area contributed by atoms with Gasteiger partial charge in [-0.05, 0) is 74.0 Å². The molecule has 2 aliphatic rings. The van der Waals surface area contributed by atoms with Crippen LogP contribution in [0.2, 0.25) is 0 Å². The van der Waals surface area contributed by atoms with E-state index in [9.17, 15) is 0 Å². The van der Waals surface area contributed by atoms with Crippen molar-refractivity contribution in [1.29, 1.82) is 0 Å². The summed E-state index contributed by atoms with van der Waals surface area (Å²) in [5, 5.41) is 0. The fourth-order valence-corrected chi connectivity index (χ4v) is 6.62. The van der Waals surface area contributed by atoms with Gasteiger partial charge in [-0.15, -0.1) is 0 Å². The molecule has 0 aromatic heterocycles. The number of ether oxygens (including phenoxy) is 1. The average molecular weight is 351 g/mol. The maximum absolute atomic E-state index is 7.49. The van der Waals surface area contributed by atoms with E-state index >= 15 is 0 Å². The van der Waals surface area contributed by atoms with Crippen molar-refractivity contribution in [3.05, 3.63) is 0 Å². The van der Waals surface area contributed by atoms with Gasteiger partial charge in [0.1, 0.15) is 0 Å². The summed E-state index contributed by atoms with van der Waals surface area (Å²) in [4.78, 5) is 0. The predicted octanol–water partition coefficient (Wildman–Crippen LogP) is 7.49. The van der Waals surface area contributed by atoms with Gasteiger partial charge in [0.25, 0.3) is 0 Å². The van der Waals surface area contributed by atoms with Crippen molar-refractivity contribution < 1.29 is 4.74 Å². The standard InChI is InChI=1S/C24H46O/c1-9-23(15-19(7)11-13-21(23)17(3)4)25-24(10-2)16-20(8)12-14-22(24)18(5)6/h17-22H,9-16H2,1-8H3. The van der Waals surface area contributed by atoms with Crippen LogP contribution in [0.3, 0.4) is 0 Å². The molecule has 0 saturated heterocycles. The highest BCUT2D eigenvalue weighted by atomic mass is 16.5. The molecule has 2 aliphatic carbocycles. The Morgan fingerprint density at radius 1 is 0.720 bits per heavy atom. The van der Waals surface area contributed by atoms with Gasteiger partial charge in [-0.3, -0.25) is 0 Å². The van der Waals surface area contributed by atoms with Crippen molar-refractivity contribution >= 4 is 0 Å². The first-order valence-corrected chi connectivity index (χ1v) is 11.4. The maximum Gasteiger partial charge on any atom is 0.0720 e. The number of hydrogen-bond donors (Lipinski definition) is 0. The molecule has 0 heterocycles. The molecule has 25 heavy (non-hydrogen) atoms. The first-order valence-electron chi connectivity index (χ1n) is 11.4. The van der Waals surface area contributed by atoms with Gasteiger partial charge in [0.05, 0.1) is 11.2 Å². The van der Waals surface area contributed by atoms with Crippen molar-refractivity contribution in [2.45, 2.75) is 118 Å². The van der Waals surface area contributed by atoms with Crippen LogP contribution in [0.1, 0.15) is 107 Å². The Hall–Kier alpha value is -0.0400. The highest BCUT2D eigenvalue weighted by Gasteiger charge is 2.52. The fourth-order valence-electron chi connectivity index (χ4n) is 6.62. The van der Waals surface area contributed by atoms with E-state index in [0.717, 1.165) is 35.5 Å². The second kappa shape index (κ2) is 8.32. The molecule has 2 rings (SSSR count). The molecule has 0 bridgehead atoms. The van der Waals surface area contributed by atoms with Gasteiger partial charge >= 0.3 is 0 Å². The van der Waals surface area contributed by atoms with E-state index in [4.69, 9.17) is 4.74 Å². The molecular formula is C24H46O. The summed E-state index contributed by atoms with van der Waals surface area (Å²) >= 11 is 0. The first-order chi connectivity index (χ1) is 11.7. The largest absolute Gasteiger partial charge is 0.368 e. The molecule has 0 amide bonds. The highest BCUT2D eigenvalue weighted by molar-refractivity contribution is 5.01. The molecule has 6 atom stereocenters. The SMILES string of the molecule is CCC1(OC2(CC)CC(C)CCC2C(C)C)CC(C)CCC1C(C)C. The normalized spacial score (nSPS) is 43.0. The summed E-state index contributed by atoms with van der Waals surface area (Å²) in [6, 6.07) is 0. The monoisotopic (exact) mass is 350 g/mol. The highest BCUT2D eigenvalue weighted by Crippen LogP contribution is 2.53. The quantitative estimate of drug-likeness (QED) is 0.482. The molecule has 2 saturated carbocycles. The van der Waals surface area contributed by atoms with Crippen LogP contribution < -0.4 is 0 Å². The summed E-state index contributed by atoms with van der Waals surface area (Å²) in [6.45, 7) is 19.4. The van der Waals surface area contributed by atoms with E-state index < -0.39 is 0 Å². The van der Waals surface area contributed by atoms with Gasteiger partial charge in [0.2, 0.25) is 0 Å². The summed E-state index contributed by atoms with van der Waals surface area (Å²) in [6.07, 6.45) is 10.4. The van der Waals surface area contributed by atoms with E-state index in [1.807, 2.05) is 0 Å². The zero-order valence-electron chi connectivity index (χ0n) is 18.5. The van der Waals surface area contributed by atoms with Gasteiger partial charge in [-0.25, -0.2) is 0 Å². The molecule has 0 spiro atoms. The smallest absolute Gasteiger partial charge is 0.0720 e. The van der Waals surface area contributed by atoms with Gasteiger partial charge in [0.15, 0.2) is 0 Å². The van der Waals surface area contributed by atoms with Gasteiger partial charge in [-0.1, -0.05) is 68.2 Å². The van der Waals surface area contributed by atoms with Crippen LogP contribution in [0.4, 0.5) is 0 Å². The Balaban J connectivity index is 2.40. The van der Waals surface area contributed by atoms with Crippen LogP contribution in [-0.4, -0.2) is 11.2 Å². The zero-order chi connectivity index (χ0) is 18.8. The first kappa shape index (κ1) is 21.3. The van der Waals surface area contributed by atoms with Gasteiger partial charge in [0, 0.05) is 0 Å². The molecule has 6 unspecified atom stereocenters. The second-order valence-electron chi connectivity index (χ2n) is 10.4. The third kappa shape index (κ3) is 4.28. The lowest BCUT2D eigenvalue weighted by Gasteiger charge is -2.57. The van der Waals surface area contributed by atoms with Crippen molar-refractivity contribution in [3.63, 3.8) is 0 Å². The van der Waals surface area contributed by atoms with Crippen molar-refractivity contribution in [2.24, 2.45) is 35.5 Å². The van der Waals surface area contributed by atoms with E-state index in [1.54, 1.807) is 0 Å². The average Bonchev–Trinajstić information content (AvgIpc) is 2.54. The van der Waals surface area contributed by atoms with Gasteiger partial charge < -0.3 is 4.74 Å². The Bertz CT molecular complexity index is 376. The third-order valence-corrected chi connectivity index (χ3v) is 7.89. The topological polar surface area (TPSA) is 9.23 Å². The predicted molar refractivity (Wildman–Crippen MR) is 110 cm³/mol. The molecule has 0 aliphatic heterocycles. The van der Waals surface area contributed by atoms with Crippen molar-refractivity contribution in [1.82, 2.24) is 0 Å². The van der Waals surface area contributed by atoms with Crippen LogP contribution in [0.5, 0.6) is 0 Å². The van der Waals surface area contributed by atoms with Crippen LogP contribution in [-0.2, 0) is 4.74 Å². The molecule has 148 valence electrons. The lowest BCUT2D eigenvalue weighted by Crippen LogP contribution is -2.57. The molecule has 0 aromatic rings. The van der Waals surface area contributed by atoms with E-state index in [-0.39, 0.29) is 11.2 Å². The van der Waals surface area contributed by atoms with E-state index in [2.05, 4.69) is 55.4 Å². The molecule has 0 N–H and O–H groups in total. The van der Waals surface area contributed by atoms with Gasteiger partial charge in [-0.2, -0.15) is 0 Å². The summed E-state index contributed by atoms with van der Waals surface area (Å²) < 4.78 is 7.49. The molecule has 0 radical (unpaired) electrons. The van der Waals surface area contributed by atoms with Crippen LogP contribution in [0, 0.1) is 35.5 Å². The zero-order valence-corrected chi connectivity index (χ0v) is 18.5. The minimum absolute atomic E-state index is 0.103. The van der Waals surface area contributed by atoms with Crippen molar-refractivity contribution in [3.8, 4) is 0 Å².